The summed E-state index contributed by atoms with van der Waals surface area (Å²) in [7, 11) is 0. The molecule has 0 spiro atoms. The fourth-order valence-corrected chi connectivity index (χ4v) is 2.84. The molecule has 1 aromatic rings. The highest BCUT2D eigenvalue weighted by Gasteiger charge is 2.17. The van der Waals surface area contributed by atoms with Crippen molar-refractivity contribution >= 4 is 27.3 Å². The molecule has 1 aromatic heterocycles. The maximum absolute atomic E-state index is 5.41. The van der Waals surface area contributed by atoms with Gasteiger partial charge in [0.25, 0.3) is 0 Å². The summed E-state index contributed by atoms with van der Waals surface area (Å²) in [5.74, 6) is 0.586. The molecular weight excluding hydrogens is 238 g/mol. The molecule has 1 fully saturated rings. The van der Waals surface area contributed by atoms with Crippen molar-refractivity contribution < 1.29 is 4.74 Å². The van der Waals surface area contributed by atoms with Crippen LogP contribution in [0.2, 0.25) is 0 Å². The maximum atomic E-state index is 5.41. The average molecular weight is 248 g/mol. The maximum Gasteiger partial charge on any atom is 0.159 e. The number of hydrogen-bond donors (Lipinski definition) is 0. The second kappa shape index (κ2) is 3.85. The molecule has 0 saturated carbocycles. The van der Waals surface area contributed by atoms with Crippen molar-refractivity contribution in [3.63, 3.8) is 0 Å². The minimum Gasteiger partial charge on any atom is -0.381 e. The quantitative estimate of drug-likeness (QED) is 0.762. The van der Waals surface area contributed by atoms with E-state index in [1.807, 2.05) is 6.20 Å². The molecule has 12 heavy (non-hydrogen) atoms. The van der Waals surface area contributed by atoms with Crippen LogP contribution in [-0.2, 0) is 4.74 Å². The van der Waals surface area contributed by atoms with Crippen molar-refractivity contribution in [2.24, 2.45) is 0 Å². The van der Waals surface area contributed by atoms with Gasteiger partial charge < -0.3 is 4.74 Å². The Balaban J connectivity index is 2.08. The number of rotatable bonds is 1. The van der Waals surface area contributed by atoms with E-state index in [1.54, 1.807) is 11.3 Å². The van der Waals surface area contributed by atoms with Gasteiger partial charge in [-0.2, -0.15) is 0 Å². The third-order valence-corrected chi connectivity index (χ3v) is 3.70. The smallest absolute Gasteiger partial charge is 0.159 e. The van der Waals surface area contributed by atoms with E-state index < -0.39 is 0 Å². The van der Waals surface area contributed by atoms with Crippen LogP contribution in [0.1, 0.15) is 23.6 Å². The molecule has 0 radical (unpaired) electrons. The molecule has 0 aromatic carbocycles. The third-order valence-electron chi connectivity index (χ3n) is 2.06. The first-order valence-electron chi connectivity index (χ1n) is 4.05. The molecule has 1 unspecified atom stereocenters. The zero-order valence-electron chi connectivity index (χ0n) is 6.62. The van der Waals surface area contributed by atoms with E-state index in [4.69, 9.17) is 4.74 Å². The standard InChI is InChI=1S/C8H10BrNOS/c9-8-10-4-7(12-8)6-2-1-3-11-5-6/h4,6H,1-3,5H2. The summed E-state index contributed by atoms with van der Waals surface area (Å²) in [6.07, 6.45) is 4.38. The summed E-state index contributed by atoms with van der Waals surface area (Å²) in [4.78, 5) is 5.52. The highest BCUT2D eigenvalue weighted by molar-refractivity contribution is 9.11. The minimum atomic E-state index is 0.586. The van der Waals surface area contributed by atoms with Crippen molar-refractivity contribution in [2.75, 3.05) is 13.2 Å². The normalized spacial score (nSPS) is 24.2. The van der Waals surface area contributed by atoms with Gasteiger partial charge in [-0.3, -0.25) is 0 Å². The van der Waals surface area contributed by atoms with E-state index in [2.05, 4.69) is 20.9 Å². The Morgan fingerprint density at radius 3 is 3.17 bits per heavy atom. The van der Waals surface area contributed by atoms with E-state index in [-0.39, 0.29) is 0 Å². The second-order valence-corrected chi connectivity index (χ2v) is 5.27. The lowest BCUT2D eigenvalue weighted by molar-refractivity contribution is 0.0813. The van der Waals surface area contributed by atoms with Crippen LogP contribution in [-0.4, -0.2) is 18.2 Å². The van der Waals surface area contributed by atoms with Gasteiger partial charge in [0.1, 0.15) is 0 Å². The van der Waals surface area contributed by atoms with E-state index in [0.29, 0.717) is 5.92 Å². The Labute approximate surface area is 84.1 Å². The Morgan fingerprint density at radius 1 is 1.67 bits per heavy atom. The summed E-state index contributed by atoms with van der Waals surface area (Å²) < 4.78 is 6.38. The van der Waals surface area contributed by atoms with Crippen LogP contribution in [0.25, 0.3) is 0 Å². The van der Waals surface area contributed by atoms with Gasteiger partial charge in [0.05, 0.1) is 6.61 Å². The summed E-state index contributed by atoms with van der Waals surface area (Å²) in [5.41, 5.74) is 0. The highest BCUT2D eigenvalue weighted by atomic mass is 79.9. The zero-order valence-corrected chi connectivity index (χ0v) is 9.03. The molecule has 1 saturated heterocycles. The largest absolute Gasteiger partial charge is 0.381 e. The zero-order chi connectivity index (χ0) is 8.39. The molecule has 1 aliphatic rings. The lowest BCUT2D eigenvalue weighted by Crippen LogP contribution is -2.14. The Bertz CT molecular complexity index is 257. The molecule has 2 rings (SSSR count). The molecule has 2 nitrogen and oxygen atoms in total. The summed E-state index contributed by atoms with van der Waals surface area (Å²) >= 11 is 5.09. The predicted molar refractivity (Wildman–Crippen MR) is 52.6 cm³/mol. The Hall–Kier alpha value is 0.0700. The van der Waals surface area contributed by atoms with Gasteiger partial charge >= 0.3 is 0 Å². The first kappa shape index (κ1) is 8.66. The van der Waals surface area contributed by atoms with Crippen LogP contribution in [0, 0.1) is 0 Å². The molecular formula is C8H10BrNOS. The van der Waals surface area contributed by atoms with Crippen molar-refractivity contribution in [3.8, 4) is 0 Å². The highest BCUT2D eigenvalue weighted by Crippen LogP contribution is 2.31. The SMILES string of the molecule is Brc1ncc(C2CCCOC2)s1. The van der Waals surface area contributed by atoms with Gasteiger partial charge in [0.2, 0.25) is 0 Å². The molecule has 0 bridgehead atoms. The molecule has 1 aliphatic heterocycles. The van der Waals surface area contributed by atoms with Crippen LogP contribution in [0.5, 0.6) is 0 Å². The van der Waals surface area contributed by atoms with Crippen LogP contribution in [0.4, 0.5) is 0 Å². The molecule has 2 heterocycles. The molecule has 1 atom stereocenters. The van der Waals surface area contributed by atoms with Crippen molar-refractivity contribution in [2.45, 2.75) is 18.8 Å². The van der Waals surface area contributed by atoms with E-state index >= 15 is 0 Å². The van der Waals surface area contributed by atoms with E-state index in [1.165, 1.54) is 17.7 Å². The summed E-state index contributed by atoms with van der Waals surface area (Å²) in [5, 5.41) is 0. The van der Waals surface area contributed by atoms with Crippen LogP contribution in [0.3, 0.4) is 0 Å². The number of aromatic nitrogens is 1. The van der Waals surface area contributed by atoms with Crippen molar-refractivity contribution in [1.29, 1.82) is 0 Å². The van der Waals surface area contributed by atoms with Crippen molar-refractivity contribution in [3.05, 3.63) is 15.0 Å². The number of thiazole rings is 1. The Kier molecular flexibility index (Phi) is 2.78. The van der Waals surface area contributed by atoms with Gasteiger partial charge in [-0.1, -0.05) is 0 Å². The fraction of sp³-hybridized carbons (Fsp3) is 0.625. The van der Waals surface area contributed by atoms with Gasteiger partial charge in [-0.25, -0.2) is 4.98 Å². The summed E-state index contributed by atoms with van der Waals surface area (Å²) in [6, 6.07) is 0. The molecule has 0 amide bonds. The monoisotopic (exact) mass is 247 g/mol. The first-order valence-corrected chi connectivity index (χ1v) is 5.66. The van der Waals surface area contributed by atoms with Crippen LogP contribution >= 0.6 is 27.3 Å². The predicted octanol–water partition coefficient (Wildman–Crippen LogP) is 2.80. The van der Waals surface area contributed by atoms with Crippen molar-refractivity contribution in [1.82, 2.24) is 4.98 Å². The first-order chi connectivity index (χ1) is 5.86. The van der Waals surface area contributed by atoms with Crippen LogP contribution in [0.15, 0.2) is 10.1 Å². The Morgan fingerprint density at radius 2 is 2.58 bits per heavy atom. The fourth-order valence-electron chi connectivity index (χ4n) is 1.42. The minimum absolute atomic E-state index is 0.586. The van der Waals surface area contributed by atoms with E-state index in [9.17, 15) is 0 Å². The average Bonchev–Trinajstić information content (AvgIpc) is 2.54. The molecule has 0 N–H and O–H groups in total. The lowest BCUT2D eigenvalue weighted by atomic mass is 10.0. The van der Waals surface area contributed by atoms with Gasteiger partial charge in [0, 0.05) is 23.6 Å². The van der Waals surface area contributed by atoms with Gasteiger partial charge in [-0.15, -0.1) is 11.3 Å². The molecule has 0 aliphatic carbocycles. The third kappa shape index (κ3) is 1.87. The van der Waals surface area contributed by atoms with Gasteiger partial charge in [-0.05, 0) is 28.8 Å². The lowest BCUT2D eigenvalue weighted by Gasteiger charge is -2.20. The number of halogens is 1. The number of nitrogens with zero attached hydrogens (tertiary/aromatic N) is 1. The van der Waals surface area contributed by atoms with Crippen LogP contribution < -0.4 is 0 Å². The molecule has 66 valence electrons. The summed E-state index contributed by atoms with van der Waals surface area (Å²) in [6.45, 7) is 1.80. The number of hydrogen-bond acceptors (Lipinski definition) is 3. The topological polar surface area (TPSA) is 22.1 Å². The van der Waals surface area contributed by atoms with E-state index in [0.717, 1.165) is 17.1 Å². The second-order valence-electron chi connectivity index (χ2n) is 2.93. The molecule has 4 heteroatoms. The number of ether oxygens (including phenoxy) is 1. The van der Waals surface area contributed by atoms with Gasteiger partial charge in [0.15, 0.2) is 3.92 Å².